The van der Waals surface area contributed by atoms with Crippen molar-refractivity contribution in [2.75, 3.05) is 4.90 Å². The summed E-state index contributed by atoms with van der Waals surface area (Å²) in [4.78, 5) is 43.5. The molecule has 1 atom stereocenters. The van der Waals surface area contributed by atoms with Gasteiger partial charge in [-0.05, 0) is 36.2 Å². The Morgan fingerprint density at radius 1 is 1.06 bits per heavy atom. The van der Waals surface area contributed by atoms with E-state index < -0.39 is 16.9 Å². The van der Waals surface area contributed by atoms with Gasteiger partial charge in [0.1, 0.15) is 11.4 Å². The molecule has 0 aliphatic carbocycles. The molecule has 2 aromatic carbocycles. The molecule has 4 aromatic rings. The SMILES string of the molecule is Cc1cccnc1N1C(=O)c2oc3ccccc3c(=O)c2C1c1cccc([N+](=O)[O-])c1. The van der Waals surface area contributed by atoms with Crippen LogP contribution in [0.15, 0.2) is 76.1 Å². The minimum Gasteiger partial charge on any atom is -0.450 e. The number of nitro groups is 1. The summed E-state index contributed by atoms with van der Waals surface area (Å²) in [7, 11) is 0. The number of anilines is 1. The maximum absolute atomic E-state index is 13.5. The van der Waals surface area contributed by atoms with Gasteiger partial charge in [0.15, 0.2) is 5.43 Å². The van der Waals surface area contributed by atoms with Gasteiger partial charge in [-0.15, -0.1) is 0 Å². The molecule has 5 rings (SSSR count). The zero-order chi connectivity index (χ0) is 21.7. The molecule has 0 radical (unpaired) electrons. The smallest absolute Gasteiger partial charge is 0.296 e. The van der Waals surface area contributed by atoms with Crippen LogP contribution in [0.4, 0.5) is 11.5 Å². The molecule has 8 heteroatoms. The van der Waals surface area contributed by atoms with Crippen LogP contribution in [0.1, 0.15) is 33.3 Å². The molecule has 31 heavy (non-hydrogen) atoms. The van der Waals surface area contributed by atoms with E-state index in [0.717, 1.165) is 5.56 Å². The van der Waals surface area contributed by atoms with Crippen LogP contribution in [-0.4, -0.2) is 15.8 Å². The number of nitrogens with zero attached hydrogens (tertiary/aromatic N) is 3. The van der Waals surface area contributed by atoms with Crippen molar-refractivity contribution >= 4 is 28.4 Å². The predicted octanol–water partition coefficient (Wildman–Crippen LogP) is 4.15. The number of carbonyl (C=O) groups is 1. The average molecular weight is 413 g/mol. The Kier molecular flexibility index (Phi) is 4.14. The number of non-ortho nitro benzene ring substituents is 1. The van der Waals surface area contributed by atoms with Crippen LogP contribution in [-0.2, 0) is 0 Å². The highest BCUT2D eigenvalue weighted by molar-refractivity contribution is 6.10. The molecule has 1 aliphatic rings. The Bertz CT molecular complexity index is 1440. The fraction of sp³-hybridized carbons (Fsp3) is 0.0870. The molecule has 152 valence electrons. The number of rotatable bonds is 3. The van der Waals surface area contributed by atoms with Gasteiger partial charge in [-0.3, -0.25) is 24.6 Å². The molecule has 0 saturated heterocycles. The van der Waals surface area contributed by atoms with E-state index in [4.69, 9.17) is 4.42 Å². The molecule has 0 fully saturated rings. The van der Waals surface area contributed by atoms with Gasteiger partial charge < -0.3 is 4.42 Å². The first kappa shape index (κ1) is 18.7. The second-order valence-electron chi connectivity index (χ2n) is 7.24. The second kappa shape index (κ2) is 6.88. The van der Waals surface area contributed by atoms with E-state index >= 15 is 0 Å². The number of carbonyl (C=O) groups excluding carboxylic acids is 1. The molecular weight excluding hydrogens is 398 g/mol. The molecule has 0 N–H and O–H groups in total. The molecule has 1 aliphatic heterocycles. The van der Waals surface area contributed by atoms with Gasteiger partial charge in [-0.2, -0.15) is 0 Å². The van der Waals surface area contributed by atoms with Crippen LogP contribution in [0.2, 0.25) is 0 Å². The van der Waals surface area contributed by atoms with E-state index in [-0.39, 0.29) is 22.4 Å². The predicted molar refractivity (Wildman–Crippen MR) is 113 cm³/mol. The number of benzene rings is 2. The summed E-state index contributed by atoms with van der Waals surface area (Å²) in [6.07, 6.45) is 1.55. The van der Waals surface area contributed by atoms with Crippen molar-refractivity contribution in [3.63, 3.8) is 0 Å². The maximum atomic E-state index is 13.5. The van der Waals surface area contributed by atoms with Gasteiger partial charge in [-0.1, -0.05) is 30.3 Å². The van der Waals surface area contributed by atoms with E-state index in [2.05, 4.69) is 4.98 Å². The summed E-state index contributed by atoms with van der Waals surface area (Å²) in [6, 6.07) is 15.2. The Balaban J connectivity index is 1.84. The van der Waals surface area contributed by atoms with Gasteiger partial charge >= 0.3 is 0 Å². The van der Waals surface area contributed by atoms with Crippen molar-refractivity contribution in [1.82, 2.24) is 4.98 Å². The third kappa shape index (κ3) is 2.80. The van der Waals surface area contributed by atoms with Gasteiger partial charge in [0.2, 0.25) is 5.76 Å². The molecule has 0 saturated carbocycles. The van der Waals surface area contributed by atoms with Gasteiger partial charge in [0.25, 0.3) is 11.6 Å². The zero-order valence-electron chi connectivity index (χ0n) is 16.3. The highest BCUT2D eigenvalue weighted by Crippen LogP contribution is 2.41. The number of fused-ring (bicyclic) bond motifs is 2. The largest absolute Gasteiger partial charge is 0.450 e. The van der Waals surface area contributed by atoms with E-state index in [1.54, 1.807) is 55.6 Å². The first-order chi connectivity index (χ1) is 15.0. The van der Waals surface area contributed by atoms with Crippen molar-refractivity contribution in [3.8, 4) is 0 Å². The topological polar surface area (TPSA) is 107 Å². The lowest BCUT2D eigenvalue weighted by atomic mass is 9.98. The van der Waals surface area contributed by atoms with Crippen LogP contribution in [0, 0.1) is 17.0 Å². The summed E-state index contributed by atoms with van der Waals surface area (Å²) in [5.41, 5.74) is 1.11. The first-order valence-electron chi connectivity index (χ1n) is 9.52. The molecule has 0 spiro atoms. The fourth-order valence-electron chi connectivity index (χ4n) is 3.99. The maximum Gasteiger partial charge on any atom is 0.296 e. The van der Waals surface area contributed by atoms with Crippen molar-refractivity contribution in [1.29, 1.82) is 0 Å². The molecule has 3 heterocycles. The van der Waals surface area contributed by atoms with Gasteiger partial charge in [0.05, 0.1) is 21.9 Å². The van der Waals surface area contributed by atoms with E-state index in [0.29, 0.717) is 22.4 Å². The lowest BCUT2D eigenvalue weighted by Gasteiger charge is -2.25. The summed E-state index contributed by atoms with van der Waals surface area (Å²) in [6.45, 7) is 1.80. The highest BCUT2D eigenvalue weighted by Gasteiger charge is 2.45. The molecule has 8 nitrogen and oxygen atoms in total. The summed E-state index contributed by atoms with van der Waals surface area (Å²) in [5, 5.41) is 11.7. The first-order valence-corrected chi connectivity index (χ1v) is 9.52. The Morgan fingerprint density at radius 3 is 2.65 bits per heavy atom. The number of pyridine rings is 1. The molecule has 1 unspecified atom stereocenters. The Hall–Kier alpha value is -4.33. The quantitative estimate of drug-likeness (QED) is 0.369. The fourth-order valence-corrected chi connectivity index (χ4v) is 3.99. The van der Waals surface area contributed by atoms with Gasteiger partial charge in [0, 0.05) is 18.3 Å². The minimum absolute atomic E-state index is 0.0785. The zero-order valence-corrected chi connectivity index (χ0v) is 16.3. The summed E-state index contributed by atoms with van der Waals surface area (Å²) in [5.74, 6) is -0.236. The normalized spacial score (nSPS) is 15.3. The lowest BCUT2D eigenvalue weighted by molar-refractivity contribution is -0.384. The number of amides is 1. The van der Waals surface area contributed by atoms with Crippen molar-refractivity contribution in [2.45, 2.75) is 13.0 Å². The molecular formula is C23H15N3O5. The molecule has 1 amide bonds. The number of hydrogen-bond acceptors (Lipinski definition) is 6. The van der Waals surface area contributed by atoms with E-state index in [1.807, 2.05) is 0 Å². The lowest BCUT2D eigenvalue weighted by Crippen LogP contribution is -2.31. The summed E-state index contributed by atoms with van der Waals surface area (Å²) >= 11 is 0. The van der Waals surface area contributed by atoms with Crippen LogP contribution < -0.4 is 10.3 Å². The molecule has 2 aromatic heterocycles. The number of hydrogen-bond donors (Lipinski definition) is 0. The van der Waals surface area contributed by atoms with Crippen LogP contribution in [0.25, 0.3) is 11.0 Å². The Labute approximate surface area is 175 Å². The third-order valence-electron chi connectivity index (χ3n) is 5.38. The van der Waals surface area contributed by atoms with Crippen molar-refractivity contribution in [3.05, 3.63) is 110 Å². The third-order valence-corrected chi connectivity index (χ3v) is 5.38. The Morgan fingerprint density at radius 2 is 1.87 bits per heavy atom. The van der Waals surface area contributed by atoms with Crippen LogP contribution in [0.3, 0.4) is 0 Å². The van der Waals surface area contributed by atoms with Gasteiger partial charge in [-0.25, -0.2) is 4.98 Å². The van der Waals surface area contributed by atoms with Crippen molar-refractivity contribution in [2.24, 2.45) is 0 Å². The number of aromatic nitrogens is 1. The average Bonchev–Trinajstić information content (AvgIpc) is 3.07. The number of para-hydroxylation sites is 1. The number of aryl methyl sites for hydroxylation is 1. The van der Waals surface area contributed by atoms with E-state index in [9.17, 15) is 19.7 Å². The van der Waals surface area contributed by atoms with E-state index in [1.165, 1.54) is 23.1 Å². The monoisotopic (exact) mass is 413 g/mol. The number of nitro benzene ring substituents is 1. The molecule has 0 bridgehead atoms. The highest BCUT2D eigenvalue weighted by atomic mass is 16.6. The second-order valence-corrected chi connectivity index (χ2v) is 7.24. The van der Waals surface area contributed by atoms with Crippen LogP contribution in [0.5, 0.6) is 0 Å². The minimum atomic E-state index is -0.906. The van der Waals surface area contributed by atoms with Crippen LogP contribution >= 0.6 is 0 Å². The van der Waals surface area contributed by atoms with Crippen molar-refractivity contribution < 1.29 is 14.1 Å². The standard InChI is InChI=1S/C23H15N3O5/c1-13-6-5-11-24-22(13)25-19(14-7-4-8-15(12-14)26(29)30)18-20(27)16-9-2-3-10-17(16)31-21(18)23(25)28/h2-12,19H,1H3. The summed E-state index contributed by atoms with van der Waals surface area (Å²) < 4.78 is 5.87.